The highest BCUT2D eigenvalue weighted by atomic mass is 19.1. The monoisotopic (exact) mass is 391 g/mol. The van der Waals surface area contributed by atoms with E-state index in [0.29, 0.717) is 18.2 Å². The molecule has 0 aliphatic carbocycles. The summed E-state index contributed by atoms with van der Waals surface area (Å²) in [7, 11) is 1.90. The van der Waals surface area contributed by atoms with Crippen LogP contribution in [0.15, 0.2) is 47.1 Å². The molecule has 0 saturated heterocycles. The Hall–Kier alpha value is -3.48. The van der Waals surface area contributed by atoms with Gasteiger partial charge in [0, 0.05) is 13.6 Å². The minimum atomic E-state index is -0.251. The lowest BCUT2D eigenvalue weighted by molar-refractivity contribution is 0.557. The number of aryl methyl sites for hydroxylation is 2. The maximum absolute atomic E-state index is 13.2. The average molecular weight is 391 g/mol. The standard InChI is InChI=1S/C22H22FN5O/c1-3-5-18-20-21(28(2)27-18)22(24-14-15-7-9-16(23)10-8-15)26-19(25-20)12-11-17-6-4-13-29-17/h4,6-13H,3,5,14H2,1-2H3,(H,24,25,26)/b12-11+. The number of benzene rings is 1. The van der Waals surface area contributed by atoms with Crippen molar-refractivity contribution in [2.24, 2.45) is 7.05 Å². The Morgan fingerprint density at radius 2 is 1.97 bits per heavy atom. The van der Waals surface area contributed by atoms with Crippen LogP contribution in [0.25, 0.3) is 23.2 Å². The largest absolute Gasteiger partial charge is 0.465 e. The molecule has 7 heteroatoms. The smallest absolute Gasteiger partial charge is 0.156 e. The molecule has 0 spiro atoms. The molecule has 0 aliphatic rings. The van der Waals surface area contributed by atoms with Gasteiger partial charge < -0.3 is 9.73 Å². The van der Waals surface area contributed by atoms with Crippen LogP contribution in [0.1, 0.15) is 36.2 Å². The van der Waals surface area contributed by atoms with Gasteiger partial charge in [0.25, 0.3) is 0 Å². The highest BCUT2D eigenvalue weighted by molar-refractivity contribution is 5.88. The Morgan fingerprint density at radius 1 is 1.14 bits per heavy atom. The molecular formula is C22H22FN5O. The molecule has 29 heavy (non-hydrogen) atoms. The van der Waals surface area contributed by atoms with E-state index in [1.54, 1.807) is 18.4 Å². The highest BCUT2D eigenvalue weighted by Crippen LogP contribution is 2.25. The minimum absolute atomic E-state index is 0.251. The van der Waals surface area contributed by atoms with Crippen LogP contribution in [-0.2, 0) is 20.0 Å². The summed E-state index contributed by atoms with van der Waals surface area (Å²) in [6.07, 6.45) is 7.10. The summed E-state index contributed by atoms with van der Waals surface area (Å²) in [5, 5.41) is 8.00. The lowest BCUT2D eigenvalue weighted by Crippen LogP contribution is -2.06. The predicted octanol–water partition coefficient (Wildman–Crippen LogP) is 4.83. The summed E-state index contributed by atoms with van der Waals surface area (Å²) >= 11 is 0. The Labute approximate surface area is 168 Å². The summed E-state index contributed by atoms with van der Waals surface area (Å²) in [5.41, 5.74) is 3.60. The van der Waals surface area contributed by atoms with Crippen molar-refractivity contribution in [2.45, 2.75) is 26.3 Å². The normalized spacial score (nSPS) is 11.6. The molecule has 3 aromatic heterocycles. The zero-order valence-corrected chi connectivity index (χ0v) is 16.4. The van der Waals surface area contributed by atoms with Crippen molar-refractivity contribution < 1.29 is 8.81 Å². The van der Waals surface area contributed by atoms with Crippen molar-refractivity contribution in [3.63, 3.8) is 0 Å². The molecule has 1 aromatic carbocycles. The van der Waals surface area contributed by atoms with Crippen molar-refractivity contribution in [1.29, 1.82) is 0 Å². The number of rotatable bonds is 7. The van der Waals surface area contributed by atoms with E-state index in [-0.39, 0.29) is 5.82 Å². The Morgan fingerprint density at radius 3 is 2.69 bits per heavy atom. The SMILES string of the molecule is CCCc1nn(C)c2c(NCc3ccc(F)cc3)nc(/C=C/c3ccco3)nc12. The van der Waals surface area contributed by atoms with Gasteiger partial charge in [-0.15, -0.1) is 0 Å². The topological polar surface area (TPSA) is 68.8 Å². The maximum Gasteiger partial charge on any atom is 0.156 e. The first-order valence-corrected chi connectivity index (χ1v) is 9.57. The molecule has 0 radical (unpaired) electrons. The van der Waals surface area contributed by atoms with Crippen LogP contribution in [-0.4, -0.2) is 19.7 Å². The molecule has 0 bridgehead atoms. The van der Waals surface area contributed by atoms with Gasteiger partial charge in [0.05, 0.1) is 12.0 Å². The fraction of sp³-hybridized carbons (Fsp3) is 0.227. The molecule has 0 saturated carbocycles. The van der Waals surface area contributed by atoms with E-state index in [2.05, 4.69) is 22.3 Å². The molecule has 0 atom stereocenters. The third-order valence-electron chi connectivity index (χ3n) is 4.57. The highest BCUT2D eigenvalue weighted by Gasteiger charge is 2.16. The first-order chi connectivity index (χ1) is 14.1. The number of aromatic nitrogens is 4. The van der Waals surface area contributed by atoms with E-state index in [4.69, 9.17) is 9.40 Å². The molecule has 4 rings (SSSR count). The van der Waals surface area contributed by atoms with Crippen LogP contribution < -0.4 is 5.32 Å². The van der Waals surface area contributed by atoms with E-state index in [9.17, 15) is 4.39 Å². The fourth-order valence-electron chi connectivity index (χ4n) is 3.19. The molecule has 0 fully saturated rings. The van der Waals surface area contributed by atoms with E-state index >= 15 is 0 Å². The molecule has 1 N–H and O–H groups in total. The van der Waals surface area contributed by atoms with E-state index in [0.717, 1.165) is 40.9 Å². The Bertz CT molecular complexity index is 1130. The fourth-order valence-corrected chi connectivity index (χ4v) is 3.19. The second-order valence-electron chi connectivity index (χ2n) is 6.78. The number of nitrogens with zero attached hydrogens (tertiary/aromatic N) is 4. The second-order valence-corrected chi connectivity index (χ2v) is 6.78. The number of hydrogen-bond donors (Lipinski definition) is 1. The summed E-state index contributed by atoms with van der Waals surface area (Å²) in [6, 6.07) is 10.1. The number of hydrogen-bond acceptors (Lipinski definition) is 5. The van der Waals surface area contributed by atoms with Crippen LogP contribution >= 0.6 is 0 Å². The van der Waals surface area contributed by atoms with Crippen LogP contribution in [0.4, 0.5) is 10.2 Å². The summed E-state index contributed by atoms with van der Waals surface area (Å²) in [5.74, 6) is 1.74. The number of halogens is 1. The van der Waals surface area contributed by atoms with Gasteiger partial charge >= 0.3 is 0 Å². The Balaban J connectivity index is 1.72. The molecule has 148 valence electrons. The van der Waals surface area contributed by atoms with Gasteiger partial charge in [-0.1, -0.05) is 25.5 Å². The number of fused-ring (bicyclic) bond motifs is 1. The predicted molar refractivity (Wildman–Crippen MR) is 112 cm³/mol. The van der Waals surface area contributed by atoms with E-state index < -0.39 is 0 Å². The molecule has 0 aliphatic heterocycles. The third-order valence-corrected chi connectivity index (χ3v) is 4.57. The van der Waals surface area contributed by atoms with Crippen molar-refractivity contribution in [3.8, 4) is 0 Å². The van der Waals surface area contributed by atoms with Gasteiger partial charge in [0.2, 0.25) is 0 Å². The van der Waals surface area contributed by atoms with Crippen molar-refractivity contribution in [2.75, 3.05) is 5.32 Å². The van der Waals surface area contributed by atoms with Crippen LogP contribution in [0.5, 0.6) is 0 Å². The quantitative estimate of drug-likeness (QED) is 0.489. The molecule has 3 heterocycles. The lowest BCUT2D eigenvalue weighted by Gasteiger charge is -2.09. The molecule has 4 aromatic rings. The molecule has 6 nitrogen and oxygen atoms in total. The summed E-state index contributed by atoms with van der Waals surface area (Å²) in [6.45, 7) is 2.63. The first-order valence-electron chi connectivity index (χ1n) is 9.57. The van der Waals surface area contributed by atoms with Crippen molar-refractivity contribution in [3.05, 3.63) is 71.3 Å². The third kappa shape index (κ3) is 4.18. The van der Waals surface area contributed by atoms with Crippen molar-refractivity contribution >= 4 is 29.0 Å². The van der Waals surface area contributed by atoms with Gasteiger partial charge in [-0.05, 0) is 48.4 Å². The van der Waals surface area contributed by atoms with Gasteiger partial charge in [0.15, 0.2) is 11.6 Å². The van der Waals surface area contributed by atoms with Gasteiger partial charge in [0.1, 0.15) is 22.6 Å². The zero-order valence-electron chi connectivity index (χ0n) is 16.4. The van der Waals surface area contributed by atoms with Crippen LogP contribution in [0.3, 0.4) is 0 Å². The second kappa shape index (κ2) is 8.26. The van der Waals surface area contributed by atoms with Gasteiger partial charge in [-0.25, -0.2) is 14.4 Å². The molecule has 0 unspecified atom stereocenters. The minimum Gasteiger partial charge on any atom is -0.465 e. The number of furan rings is 1. The number of anilines is 1. The van der Waals surface area contributed by atoms with Crippen molar-refractivity contribution in [1.82, 2.24) is 19.7 Å². The van der Waals surface area contributed by atoms with Gasteiger partial charge in [-0.2, -0.15) is 5.10 Å². The first kappa shape index (κ1) is 18.9. The summed E-state index contributed by atoms with van der Waals surface area (Å²) < 4.78 is 20.3. The molecular weight excluding hydrogens is 369 g/mol. The van der Waals surface area contributed by atoms with E-state index in [1.807, 2.05) is 36.0 Å². The van der Waals surface area contributed by atoms with Gasteiger partial charge in [-0.3, -0.25) is 4.68 Å². The summed E-state index contributed by atoms with van der Waals surface area (Å²) in [4.78, 5) is 9.41. The number of nitrogens with one attached hydrogen (secondary N) is 1. The van der Waals surface area contributed by atoms with Crippen LogP contribution in [0.2, 0.25) is 0 Å². The zero-order chi connectivity index (χ0) is 20.2. The Kier molecular flexibility index (Phi) is 5.37. The van der Waals surface area contributed by atoms with Crippen LogP contribution in [0, 0.1) is 5.82 Å². The lowest BCUT2D eigenvalue weighted by atomic mass is 10.2. The molecule has 0 amide bonds. The van der Waals surface area contributed by atoms with E-state index in [1.165, 1.54) is 12.1 Å². The maximum atomic E-state index is 13.2. The average Bonchev–Trinajstić information content (AvgIpc) is 3.34.